The van der Waals surface area contributed by atoms with Crippen molar-refractivity contribution in [3.63, 3.8) is 0 Å². The van der Waals surface area contributed by atoms with Gasteiger partial charge in [0.15, 0.2) is 0 Å². The zero-order valence-corrected chi connectivity index (χ0v) is 12.7. The van der Waals surface area contributed by atoms with E-state index in [1.807, 2.05) is 27.7 Å². The number of benzene rings is 1. The molecule has 0 heterocycles. The number of rotatable bonds is 3. The van der Waals surface area contributed by atoms with E-state index < -0.39 is 11.4 Å². The summed E-state index contributed by atoms with van der Waals surface area (Å²) in [4.78, 5) is 0. The molecular formula is C13H17BrClFO. The second kappa shape index (κ2) is 5.25. The molecule has 0 aliphatic rings. The average molecular weight is 324 g/mol. The molecule has 1 aromatic carbocycles. The van der Waals surface area contributed by atoms with Crippen molar-refractivity contribution in [2.75, 3.05) is 0 Å². The second-order valence-corrected chi connectivity index (χ2v) is 6.09. The van der Waals surface area contributed by atoms with Gasteiger partial charge in [0.25, 0.3) is 0 Å². The first-order valence-corrected chi connectivity index (χ1v) is 6.76. The van der Waals surface area contributed by atoms with Crippen LogP contribution in [0.1, 0.15) is 33.3 Å². The maximum atomic E-state index is 14.2. The topological polar surface area (TPSA) is 20.2 Å². The quantitative estimate of drug-likeness (QED) is 0.797. The molecule has 0 aliphatic carbocycles. The van der Waals surface area contributed by atoms with Crippen LogP contribution >= 0.6 is 27.5 Å². The highest BCUT2D eigenvalue weighted by Crippen LogP contribution is 2.41. The lowest BCUT2D eigenvalue weighted by molar-refractivity contribution is -0.0558. The van der Waals surface area contributed by atoms with Crippen LogP contribution in [0.15, 0.2) is 16.6 Å². The van der Waals surface area contributed by atoms with Gasteiger partial charge in [-0.15, -0.1) is 0 Å². The summed E-state index contributed by atoms with van der Waals surface area (Å²) in [7, 11) is 0. The van der Waals surface area contributed by atoms with Gasteiger partial charge in [-0.2, -0.15) is 0 Å². The minimum absolute atomic E-state index is 0.0159. The molecule has 0 bridgehead atoms. The summed E-state index contributed by atoms with van der Waals surface area (Å²) < 4.78 is 14.7. The van der Waals surface area contributed by atoms with E-state index in [2.05, 4.69) is 15.9 Å². The lowest BCUT2D eigenvalue weighted by atomic mass is 9.75. The molecule has 0 aliphatic heterocycles. The van der Waals surface area contributed by atoms with Gasteiger partial charge in [-0.3, -0.25) is 0 Å². The lowest BCUT2D eigenvalue weighted by Gasteiger charge is -2.37. The summed E-state index contributed by atoms with van der Waals surface area (Å²) in [6.07, 6.45) is 0. The highest BCUT2D eigenvalue weighted by Gasteiger charge is 2.39. The van der Waals surface area contributed by atoms with Crippen LogP contribution in [0.25, 0.3) is 0 Å². The minimum atomic E-state index is -1.21. The molecule has 0 saturated heterocycles. The van der Waals surface area contributed by atoms with Crippen LogP contribution in [0, 0.1) is 17.7 Å². The number of hydrogen-bond acceptors (Lipinski definition) is 1. The van der Waals surface area contributed by atoms with Crippen molar-refractivity contribution in [3.05, 3.63) is 33.0 Å². The first-order chi connectivity index (χ1) is 7.72. The van der Waals surface area contributed by atoms with Gasteiger partial charge in [0, 0.05) is 10.0 Å². The third-order valence-electron chi connectivity index (χ3n) is 3.23. The van der Waals surface area contributed by atoms with Crippen molar-refractivity contribution in [2.45, 2.75) is 33.3 Å². The van der Waals surface area contributed by atoms with Gasteiger partial charge < -0.3 is 5.11 Å². The number of halogens is 3. The van der Waals surface area contributed by atoms with Crippen molar-refractivity contribution in [1.29, 1.82) is 0 Å². The minimum Gasteiger partial charge on any atom is -0.385 e. The summed E-state index contributed by atoms with van der Waals surface area (Å²) in [5.74, 6) is -0.755. The fourth-order valence-corrected chi connectivity index (χ4v) is 2.59. The summed E-state index contributed by atoms with van der Waals surface area (Å²) >= 11 is 9.03. The zero-order valence-electron chi connectivity index (χ0n) is 10.4. The molecule has 0 fully saturated rings. The van der Waals surface area contributed by atoms with Gasteiger partial charge in [-0.05, 0) is 33.8 Å². The molecular weight excluding hydrogens is 306 g/mol. The summed E-state index contributed by atoms with van der Waals surface area (Å²) in [5, 5.41) is 10.7. The fourth-order valence-electron chi connectivity index (χ4n) is 2.12. The Balaban J connectivity index is 3.46. The van der Waals surface area contributed by atoms with Crippen LogP contribution in [0.2, 0.25) is 5.02 Å². The summed E-state index contributed by atoms with van der Waals surface area (Å²) in [6, 6.07) is 3.25. The molecule has 1 aromatic rings. The van der Waals surface area contributed by atoms with Crippen molar-refractivity contribution < 1.29 is 9.50 Å². The van der Waals surface area contributed by atoms with E-state index in [9.17, 15) is 9.50 Å². The molecule has 0 aromatic heterocycles. The second-order valence-electron chi connectivity index (χ2n) is 4.86. The van der Waals surface area contributed by atoms with E-state index in [0.29, 0.717) is 4.47 Å². The Morgan fingerprint density at radius 3 is 2.12 bits per heavy atom. The third kappa shape index (κ3) is 2.51. The molecule has 0 radical (unpaired) electrons. The van der Waals surface area contributed by atoms with Crippen molar-refractivity contribution in [2.24, 2.45) is 11.8 Å². The molecule has 0 spiro atoms. The zero-order chi connectivity index (χ0) is 13.4. The van der Waals surface area contributed by atoms with E-state index in [1.54, 1.807) is 12.1 Å². The Hall–Kier alpha value is -0.120. The van der Waals surface area contributed by atoms with E-state index in [1.165, 1.54) is 0 Å². The van der Waals surface area contributed by atoms with Gasteiger partial charge in [0.05, 0.1) is 10.6 Å². The van der Waals surface area contributed by atoms with E-state index in [-0.39, 0.29) is 22.4 Å². The first kappa shape index (κ1) is 14.9. The average Bonchev–Trinajstić information content (AvgIpc) is 2.24. The Labute approximate surface area is 115 Å². The van der Waals surface area contributed by atoms with Crippen LogP contribution in [-0.2, 0) is 5.60 Å². The molecule has 1 rings (SSSR count). The molecule has 0 amide bonds. The Bertz CT molecular complexity index is 410. The Kier molecular flexibility index (Phi) is 4.61. The molecule has 4 heteroatoms. The largest absolute Gasteiger partial charge is 0.385 e. The molecule has 0 saturated carbocycles. The monoisotopic (exact) mass is 322 g/mol. The third-order valence-corrected chi connectivity index (χ3v) is 4.49. The first-order valence-electron chi connectivity index (χ1n) is 5.59. The van der Waals surface area contributed by atoms with E-state index in [4.69, 9.17) is 11.6 Å². The number of aliphatic hydroxyl groups is 1. The summed E-state index contributed by atoms with van der Waals surface area (Å²) in [5.41, 5.74) is -0.954. The smallest absolute Gasteiger partial charge is 0.149 e. The van der Waals surface area contributed by atoms with Crippen molar-refractivity contribution in [3.8, 4) is 0 Å². The van der Waals surface area contributed by atoms with Crippen LogP contribution in [0.5, 0.6) is 0 Å². The van der Waals surface area contributed by atoms with Crippen LogP contribution in [0.4, 0.5) is 4.39 Å². The predicted octanol–water partition coefficient (Wildman–Crippen LogP) is 4.74. The van der Waals surface area contributed by atoms with Gasteiger partial charge in [0.1, 0.15) is 5.82 Å². The highest BCUT2D eigenvalue weighted by molar-refractivity contribution is 9.10. The molecule has 0 atom stereocenters. The summed E-state index contributed by atoms with van der Waals surface area (Å²) in [6.45, 7) is 7.48. The van der Waals surface area contributed by atoms with E-state index in [0.717, 1.165) is 0 Å². The molecule has 96 valence electrons. The number of hydrogen-bond donors (Lipinski definition) is 1. The molecule has 1 N–H and O–H groups in total. The van der Waals surface area contributed by atoms with Gasteiger partial charge in [-0.25, -0.2) is 4.39 Å². The maximum absolute atomic E-state index is 14.2. The van der Waals surface area contributed by atoms with Crippen LogP contribution < -0.4 is 0 Å². The maximum Gasteiger partial charge on any atom is 0.149 e. The molecule has 17 heavy (non-hydrogen) atoms. The van der Waals surface area contributed by atoms with Gasteiger partial charge in [0.2, 0.25) is 0 Å². The standard InChI is InChI=1S/C13H17BrClFO/c1-7(2)13(17,8(3)4)9-5-6-10(14)11(15)12(9)16/h5-8,17H,1-4H3. The van der Waals surface area contributed by atoms with Crippen LogP contribution in [-0.4, -0.2) is 5.11 Å². The lowest BCUT2D eigenvalue weighted by Crippen LogP contribution is -2.38. The Morgan fingerprint density at radius 2 is 1.71 bits per heavy atom. The van der Waals surface area contributed by atoms with E-state index >= 15 is 0 Å². The Morgan fingerprint density at radius 1 is 1.24 bits per heavy atom. The SMILES string of the molecule is CC(C)C(O)(c1ccc(Br)c(Cl)c1F)C(C)C. The molecule has 1 nitrogen and oxygen atoms in total. The van der Waals surface area contributed by atoms with Crippen molar-refractivity contribution in [1.82, 2.24) is 0 Å². The van der Waals surface area contributed by atoms with Crippen molar-refractivity contribution >= 4 is 27.5 Å². The predicted molar refractivity (Wildman–Crippen MR) is 72.7 cm³/mol. The normalized spacial score (nSPS) is 12.6. The fraction of sp³-hybridized carbons (Fsp3) is 0.538. The van der Waals surface area contributed by atoms with Gasteiger partial charge in [-0.1, -0.05) is 45.4 Å². The van der Waals surface area contributed by atoms with Crippen LogP contribution in [0.3, 0.4) is 0 Å². The highest BCUT2D eigenvalue weighted by atomic mass is 79.9. The van der Waals surface area contributed by atoms with Gasteiger partial charge >= 0.3 is 0 Å². The molecule has 0 unspecified atom stereocenters.